The molecule has 0 spiro atoms. The van der Waals surface area contributed by atoms with E-state index < -0.39 is 23.8 Å². The number of carboxylic acid groups (broad SMARTS) is 1. The number of rotatable bonds is 9. The molecule has 0 aliphatic carbocycles. The molecular weight excluding hydrogens is 238 g/mol. The van der Waals surface area contributed by atoms with Gasteiger partial charge in [-0.05, 0) is 12.8 Å². The van der Waals surface area contributed by atoms with E-state index in [1.165, 1.54) is 0 Å². The first kappa shape index (κ1) is 17.0. The zero-order valence-corrected chi connectivity index (χ0v) is 11.3. The monoisotopic (exact) mass is 262 g/mol. The molecule has 18 heavy (non-hydrogen) atoms. The van der Waals surface area contributed by atoms with E-state index in [4.69, 9.17) is 10.2 Å². The molecule has 106 valence electrons. The Morgan fingerprint density at radius 2 is 1.72 bits per heavy atom. The Bertz CT molecular complexity index is 297. The number of carbonyl (C=O) groups is 2. The first-order valence-electron chi connectivity index (χ1n) is 5.99. The van der Waals surface area contributed by atoms with Crippen LogP contribution in [0, 0.1) is 0 Å². The van der Waals surface area contributed by atoms with Crippen LogP contribution in [0.3, 0.4) is 0 Å². The van der Waals surface area contributed by atoms with Crippen LogP contribution in [-0.2, 0) is 9.59 Å². The second-order valence-electron chi connectivity index (χ2n) is 5.65. The number of aliphatic hydroxyl groups excluding tert-OH is 1. The number of hydrogen-bond donors (Lipinski definition) is 3. The van der Waals surface area contributed by atoms with E-state index in [0.717, 1.165) is 0 Å². The van der Waals surface area contributed by atoms with Crippen molar-refractivity contribution in [3.63, 3.8) is 0 Å². The van der Waals surface area contributed by atoms with Crippen LogP contribution in [0.4, 0.5) is 0 Å². The van der Waals surface area contributed by atoms with Gasteiger partial charge in [-0.25, -0.2) is 0 Å². The minimum atomic E-state index is -1.83. The van der Waals surface area contributed by atoms with Crippen LogP contribution in [0.5, 0.6) is 0 Å². The fourth-order valence-corrected chi connectivity index (χ4v) is 1.91. The molecule has 3 N–H and O–H groups in total. The van der Waals surface area contributed by atoms with Gasteiger partial charge < -0.3 is 19.8 Å². The summed E-state index contributed by atoms with van der Waals surface area (Å²) >= 11 is 0. The van der Waals surface area contributed by atoms with E-state index in [0.29, 0.717) is 17.3 Å². The van der Waals surface area contributed by atoms with Gasteiger partial charge >= 0.3 is 5.97 Å². The number of carbonyl (C=O) groups excluding carboxylic acids is 1. The summed E-state index contributed by atoms with van der Waals surface area (Å²) in [7, 11) is 5.36. The van der Waals surface area contributed by atoms with Gasteiger partial charge in [0.05, 0.1) is 27.6 Å². The lowest BCUT2D eigenvalue weighted by atomic mass is 9.90. The van der Waals surface area contributed by atoms with Crippen molar-refractivity contribution in [3.8, 4) is 0 Å². The number of aliphatic hydroxyl groups is 2. The average Bonchev–Trinajstić information content (AvgIpc) is 2.13. The molecular formula is C12H24NO5+. The average molecular weight is 262 g/mol. The molecule has 0 bridgehead atoms. The first-order chi connectivity index (χ1) is 8.10. The van der Waals surface area contributed by atoms with Gasteiger partial charge in [0.1, 0.15) is 6.54 Å². The molecule has 0 aromatic heterocycles. The van der Waals surface area contributed by atoms with Gasteiger partial charge in [0.15, 0.2) is 11.4 Å². The molecule has 0 saturated carbocycles. The quantitative estimate of drug-likeness (QED) is 0.389. The minimum absolute atomic E-state index is 0.0139. The highest BCUT2D eigenvalue weighted by Crippen LogP contribution is 2.19. The van der Waals surface area contributed by atoms with Crippen molar-refractivity contribution in [2.24, 2.45) is 0 Å². The Balaban J connectivity index is 4.74. The lowest BCUT2D eigenvalue weighted by Gasteiger charge is -2.33. The summed E-state index contributed by atoms with van der Waals surface area (Å²) in [6.45, 7) is 0.0389. The summed E-state index contributed by atoms with van der Waals surface area (Å²) in [5.41, 5.74) is -1.83. The number of Topliss-reactive ketones (excluding diaryl/α,β-unsaturated/α-hetero) is 1. The number of hydrogen-bond acceptors (Lipinski definition) is 4. The molecule has 0 amide bonds. The van der Waals surface area contributed by atoms with E-state index >= 15 is 0 Å². The third kappa shape index (κ3) is 6.68. The number of unbranched alkanes of at least 4 members (excludes halogenated alkanes) is 1. The second-order valence-corrected chi connectivity index (χ2v) is 5.65. The summed E-state index contributed by atoms with van der Waals surface area (Å²) < 4.78 is 0.301. The number of quaternary nitrogens is 1. The summed E-state index contributed by atoms with van der Waals surface area (Å²) in [5.74, 6) is -1.66. The molecule has 0 saturated heterocycles. The van der Waals surface area contributed by atoms with E-state index in [2.05, 4.69) is 0 Å². The third-order valence-corrected chi connectivity index (χ3v) is 2.51. The van der Waals surface area contributed by atoms with Crippen molar-refractivity contribution in [1.82, 2.24) is 0 Å². The van der Waals surface area contributed by atoms with Crippen LogP contribution in [0.15, 0.2) is 0 Å². The Hall–Kier alpha value is -0.980. The van der Waals surface area contributed by atoms with Crippen molar-refractivity contribution in [2.75, 3.05) is 34.3 Å². The first-order valence-corrected chi connectivity index (χ1v) is 5.99. The van der Waals surface area contributed by atoms with Crippen molar-refractivity contribution >= 4 is 11.8 Å². The van der Waals surface area contributed by atoms with Crippen molar-refractivity contribution in [2.45, 2.75) is 31.3 Å². The highest BCUT2D eigenvalue weighted by Gasteiger charge is 2.42. The smallest absolute Gasteiger partial charge is 0.306 e. The normalized spacial score (nSPS) is 15.2. The van der Waals surface area contributed by atoms with E-state index in [1.807, 2.05) is 0 Å². The highest BCUT2D eigenvalue weighted by molar-refractivity contribution is 5.90. The maximum absolute atomic E-state index is 11.9. The van der Waals surface area contributed by atoms with Crippen molar-refractivity contribution in [1.29, 1.82) is 0 Å². The molecule has 1 atom stereocenters. The van der Waals surface area contributed by atoms with Crippen LogP contribution in [0.2, 0.25) is 0 Å². The van der Waals surface area contributed by atoms with Crippen molar-refractivity contribution in [3.05, 3.63) is 0 Å². The summed E-state index contributed by atoms with van der Waals surface area (Å²) in [5, 5.41) is 27.7. The fourth-order valence-electron chi connectivity index (χ4n) is 1.91. The van der Waals surface area contributed by atoms with E-state index in [1.54, 1.807) is 21.1 Å². The Morgan fingerprint density at radius 1 is 1.17 bits per heavy atom. The predicted octanol–water partition coefficient (Wildman–Crippen LogP) is -0.370. The number of ketones is 1. The van der Waals surface area contributed by atoms with Gasteiger partial charge in [0, 0.05) is 13.0 Å². The molecule has 0 fully saturated rings. The summed E-state index contributed by atoms with van der Waals surface area (Å²) in [6.07, 6.45) is 0.429. The molecule has 6 heteroatoms. The standard InChI is InChI=1S/C12H23NO5/c1-13(2,3)9-12(18,8-11(16)17)10(15)6-4-5-7-14/h14,18H,4-9H2,1-3H3/p+1. The number of aliphatic carboxylic acids is 1. The van der Waals surface area contributed by atoms with Crippen LogP contribution >= 0.6 is 0 Å². The van der Waals surface area contributed by atoms with Crippen molar-refractivity contribution < 1.29 is 29.4 Å². The number of nitrogens with zero attached hydrogens (tertiary/aromatic N) is 1. The molecule has 0 radical (unpaired) electrons. The maximum Gasteiger partial charge on any atom is 0.306 e. The van der Waals surface area contributed by atoms with Gasteiger partial charge in [0.2, 0.25) is 0 Å². The lowest BCUT2D eigenvalue weighted by molar-refractivity contribution is -0.875. The Labute approximate surface area is 107 Å². The number of carboxylic acids is 1. The summed E-state index contributed by atoms with van der Waals surface area (Å²) in [6, 6.07) is 0. The lowest BCUT2D eigenvalue weighted by Crippen LogP contribution is -2.54. The zero-order chi connectivity index (χ0) is 14.4. The SMILES string of the molecule is C[N+](C)(C)CC(O)(CC(=O)O)C(=O)CCCCO. The molecule has 0 aromatic rings. The third-order valence-electron chi connectivity index (χ3n) is 2.51. The maximum atomic E-state index is 11.9. The molecule has 0 aliphatic heterocycles. The second kappa shape index (κ2) is 6.82. The van der Waals surface area contributed by atoms with Crippen LogP contribution < -0.4 is 0 Å². The van der Waals surface area contributed by atoms with Crippen LogP contribution in [0.1, 0.15) is 25.7 Å². The zero-order valence-electron chi connectivity index (χ0n) is 11.3. The predicted molar refractivity (Wildman–Crippen MR) is 66.0 cm³/mol. The van der Waals surface area contributed by atoms with E-state index in [-0.39, 0.29) is 19.6 Å². The van der Waals surface area contributed by atoms with Gasteiger partial charge in [-0.15, -0.1) is 0 Å². The summed E-state index contributed by atoms with van der Waals surface area (Å²) in [4.78, 5) is 22.7. The van der Waals surface area contributed by atoms with Gasteiger partial charge in [-0.2, -0.15) is 0 Å². The molecule has 0 heterocycles. The van der Waals surface area contributed by atoms with E-state index in [9.17, 15) is 14.7 Å². The largest absolute Gasteiger partial charge is 0.481 e. The number of likely N-dealkylation sites (N-methyl/N-ethyl adjacent to an activating group) is 1. The van der Waals surface area contributed by atoms with Gasteiger partial charge in [-0.3, -0.25) is 9.59 Å². The fraction of sp³-hybridized carbons (Fsp3) is 0.833. The van der Waals surface area contributed by atoms with Gasteiger partial charge in [0.25, 0.3) is 0 Å². The molecule has 0 aromatic carbocycles. The molecule has 1 unspecified atom stereocenters. The molecule has 6 nitrogen and oxygen atoms in total. The molecule has 0 aliphatic rings. The topological polar surface area (TPSA) is 94.8 Å². The molecule has 0 rings (SSSR count). The van der Waals surface area contributed by atoms with Crippen LogP contribution in [-0.4, -0.2) is 71.5 Å². The minimum Gasteiger partial charge on any atom is -0.481 e. The highest BCUT2D eigenvalue weighted by atomic mass is 16.4. The Kier molecular flexibility index (Phi) is 6.45. The Morgan fingerprint density at radius 3 is 2.11 bits per heavy atom. The van der Waals surface area contributed by atoms with Crippen LogP contribution in [0.25, 0.3) is 0 Å². The van der Waals surface area contributed by atoms with Gasteiger partial charge in [-0.1, -0.05) is 0 Å².